The zero-order chi connectivity index (χ0) is 28.5. The van der Waals surface area contributed by atoms with Crippen LogP contribution in [0.2, 0.25) is 0 Å². The Morgan fingerprint density at radius 3 is 2.34 bits per heavy atom. The summed E-state index contributed by atoms with van der Waals surface area (Å²) >= 11 is 0. The second-order valence-corrected chi connectivity index (χ2v) is 11.1. The Hall–Kier alpha value is -3.36. The van der Waals surface area contributed by atoms with E-state index >= 15 is 0 Å². The highest BCUT2D eigenvalue weighted by Gasteiger charge is 2.36. The molecule has 0 radical (unpaired) electrons. The molecule has 0 aromatic heterocycles. The Balaban J connectivity index is 2.47. The van der Waals surface area contributed by atoms with Crippen LogP contribution in [0.4, 0.5) is 4.79 Å². The summed E-state index contributed by atoms with van der Waals surface area (Å²) in [5.74, 6) is -1.43. The number of carbonyl (C=O) groups is 4. The minimum atomic E-state index is -1.13. The summed E-state index contributed by atoms with van der Waals surface area (Å²) in [4.78, 5) is 53.4. The average molecular weight is 529 g/mol. The van der Waals surface area contributed by atoms with Crippen molar-refractivity contribution in [2.24, 2.45) is 5.73 Å². The van der Waals surface area contributed by atoms with Gasteiger partial charge in [-0.15, -0.1) is 6.58 Å². The van der Waals surface area contributed by atoms with Gasteiger partial charge in [-0.3, -0.25) is 14.4 Å². The molecule has 1 aliphatic rings. The van der Waals surface area contributed by atoms with Crippen molar-refractivity contribution in [3.8, 4) is 0 Å². The van der Waals surface area contributed by atoms with Crippen LogP contribution in [-0.2, 0) is 19.1 Å². The first-order chi connectivity index (χ1) is 17.8. The number of amides is 4. The number of primary amides is 1. The molecule has 0 aliphatic heterocycles. The predicted octanol–water partition coefficient (Wildman–Crippen LogP) is 3.97. The van der Waals surface area contributed by atoms with E-state index in [2.05, 4.69) is 17.2 Å². The SMILES string of the molecule is C=CCN(C(=O)C(CCC(N)=O)NC(=O)OC(C)(C)C)C(C(=O)NC1CCCCC1)c1ccc(C)c(C)c1. The van der Waals surface area contributed by atoms with Gasteiger partial charge in [0.15, 0.2) is 0 Å². The molecule has 1 aliphatic carbocycles. The van der Waals surface area contributed by atoms with E-state index < -0.39 is 35.6 Å². The second kappa shape index (κ2) is 14.0. The van der Waals surface area contributed by atoms with Crippen LogP contribution >= 0.6 is 0 Å². The summed E-state index contributed by atoms with van der Waals surface area (Å²) in [5.41, 5.74) is 7.27. The van der Waals surface area contributed by atoms with E-state index in [1.54, 1.807) is 26.8 Å². The largest absolute Gasteiger partial charge is 0.444 e. The fourth-order valence-electron chi connectivity index (χ4n) is 4.59. The number of benzene rings is 1. The van der Waals surface area contributed by atoms with Crippen LogP contribution in [0.25, 0.3) is 0 Å². The number of nitrogens with zero attached hydrogens (tertiary/aromatic N) is 1. The third-order valence-electron chi connectivity index (χ3n) is 6.64. The molecule has 1 saturated carbocycles. The Kier molecular flexibility index (Phi) is 11.4. The highest BCUT2D eigenvalue weighted by Crippen LogP contribution is 2.27. The third-order valence-corrected chi connectivity index (χ3v) is 6.64. The lowest BCUT2D eigenvalue weighted by Crippen LogP contribution is -2.54. The van der Waals surface area contributed by atoms with Gasteiger partial charge in [0, 0.05) is 19.0 Å². The average Bonchev–Trinajstić information content (AvgIpc) is 2.82. The number of aryl methyl sites for hydroxylation is 2. The van der Waals surface area contributed by atoms with Gasteiger partial charge in [0.1, 0.15) is 17.7 Å². The van der Waals surface area contributed by atoms with Crippen LogP contribution in [-0.4, -0.2) is 52.9 Å². The van der Waals surface area contributed by atoms with Crippen molar-refractivity contribution in [1.29, 1.82) is 0 Å². The summed E-state index contributed by atoms with van der Waals surface area (Å²) < 4.78 is 5.35. The third kappa shape index (κ3) is 9.50. The first-order valence-electron chi connectivity index (χ1n) is 13.4. The Morgan fingerprint density at radius 1 is 1.13 bits per heavy atom. The maximum Gasteiger partial charge on any atom is 0.408 e. The minimum Gasteiger partial charge on any atom is -0.444 e. The lowest BCUT2D eigenvalue weighted by atomic mass is 9.94. The quantitative estimate of drug-likeness (QED) is 0.374. The molecule has 0 bridgehead atoms. The fraction of sp³-hybridized carbons (Fsp3) is 0.586. The van der Waals surface area contributed by atoms with E-state index in [1.165, 1.54) is 4.90 Å². The van der Waals surface area contributed by atoms with Crippen LogP contribution < -0.4 is 16.4 Å². The Labute approximate surface area is 226 Å². The smallest absolute Gasteiger partial charge is 0.408 e. The first kappa shape index (κ1) is 30.9. The minimum absolute atomic E-state index is 0.0368. The fourth-order valence-corrected chi connectivity index (χ4v) is 4.59. The first-order valence-corrected chi connectivity index (χ1v) is 13.4. The number of carbonyl (C=O) groups excluding carboxylic acids is 4. The highest BCUT2D eigenvalue weighted by molar-refractivity contribution is 5.92. The lowest BCUT2D eigenvalue weighted by molar-refractivity contribution is -0.142. The van der Waals surface area contributed by atoms with Crippen molar-refractivity contribution < 1.29 is 23.9 Å². The molecule has 1 aromatic rings. The van der Waals surface area contributed by atoms with Crippen LogP contribution in [0, 0.1) is 13.8 Å². The molecule has 9 heteroatoms. The number of nitrogens with one attached hydrogen (secondary N) is 2. The van der Waals surface area contributed by atoms with E-state index in [0.29, 0.717) is 5.56 Å². The molecule has 9 nitrogen and oxygen atoms in total. The number of hydrogen-bond donors (Lipinski definition) is 3. The van der Waals surface area contributed by atoms with Crippen molar-refractivity contribution >= 4 is 23.8 Å². The van der Waals surface area contributed by atoms with Gasteiger partial charge in [-0.1, -0.05) is 43.5 Å². The molecule has 4 N–H and O–H groups in total. The van der Waals surface area contributed by atoms with Gasteiger partial charge in [-0.05, 0) is 70.6 Å². The van der Waals surface area contributed by atoms with Crippen molar-refractivity contribution in [2.45, 2.75) is 103 Å². The van der Waals surface area contributed by atoms with Crippen molar-refractivity contribution in [1.82, 2.24) is 15.5 Å². The number of rotatable bonds is 11. The molecule has 1 aromatic carbocycles. The van der Waals surface area contributed by atoms with E-state index in [1.807, 2.05) is 32.0 Å². The number of alkyl carbamates (subject to hydrolysis) is 1. The van der Waals surface area contributed by atoms with E-state index in [0.717, 1.165) is 43.2 Å². The van der Waals surface area contributed by atoms with Crippen LogP contribution in [0.5, 0.6) is 0 Å². The van der Waals surface area contributed by atoms with Gasteiger partial charge >= 0.3 is 6.09 Å². The molecule has 2 rings (SSSR count). The number of hydrogen-bond acceptors (Lipinski definition) is 5. The van der Waals surface area contributed by atoms with Gasteiger partial charge in [-0.2, -0.15) is 0 Å². The molecule has 2 atom stereocenters. The van der Waals surface area contributed by atoms with Gasteiger partial charge in [0.2, 0.25) is 17.7 Å². The van der Waals surface area contributed by atoms with E-state index in [4.69, 9.17) is 10.5 Å². The lowest BCUT2D eigenvalue weighted by Gasteiger charge is -2.35. The zero-order valence-corrected chi connectivity index (χ0v) is 23.5. The van der Waals surface area contributed by atoms with Crippen molar-refractivity contribution in [2.75, 3.05) is 6.54 Å². The molecular formula is C29H44N4O5. The van der Waals surface area contributed by atoms with E-state index in [9.17, 15) is 19.2 Å². The van der Waals surface area contributed by atoms with Gasteiger partial charge in [0.05, 0.1) is 0 Å². The summed E-state index contributed by atoms with van der Waals surface area (Å²) in [6.45, 7) is 12.9. The highest BCUT2D eigenvalue weighted by atomic mass is 16.6. The van der Waals surface area contributed by atoms with Crippen molar-refractivity contribution in [3.63, 3.8) is 0 Å². The summed E-state index contributed by atoms with van der Waals surface area (Å²) in [5, 5.41) is 5.74. The normalized spacial score (nSPS) is 15.6. The van der Waals surface area contributed by atoms with Gasteiger partial charge in [-0.25, -0.2) is 4.79 Å². The molecular weight excluding hydrogens is 484 g/mol. The standard InChI is InChI=1S/C29H44N4O5/c1-7-17-33(27(36)23(15-16-24(30)34)32-28(37)38-29(4,5)6)25(21-14-13-19(2)20(3)18-21)26(35)31-22-11-9-8-10-12-22/h7,13-14,18,22-23,25H,1,8-12,15-17H2,2-6H3,(H2,30,34)(H,31,35)(H,32,37). The molecule has 2 unspecified atom stereocenters. The maximum atomic E-state index is 14.0. The topological polar surface area (TPSA) is 131 Å². The zero-order valence-electron chi connectivity index (χ0n) is 23.5. The monoisotopic (exact) mass is 528 g/mol. The molecule has 38 heavy (non-hydrogen) atoms. The Morgan fingerprint density at radius 2 is 1.79 bits per heavy atom. The summed E-state index contributed by atoms with van der Waals surface area (Å²) in [7, 11) is 0. The van der Waals surface area contributed by atoms with Crippen molar-refractivity contribution in [3.05, 3.63) is 47.5 Å². The molecule has 210 valence electrons. The Bertz CT molecular complexity index is 1010. The van der Waals surface area contributed by atoms with E-state index in [-0.39, 0.29) is 31.3 Å². The van der Waals surface area contributed by atoms with Gasteiger partial charge < -0.3 is 26.0 Å². The molecule has 4 amide bonds. The molecule has 0 saturated heterocycles. The molecule has 1 fully saturated rings. The second-order valence-electron chi connectivity index (χ2n) is 11.1. The number of nitrogens with two attached hydrogens (primary N) is 1. The van der Waals surface area contributed by atoms with Gasteiger partial charge in [0.25, 0.3) is 0 Å². The summed E-state index contributed by atoms with van der Waals surface area (Å²) in [6.07, 6.45) is 5.59. The molecule has 0 spiro atoms. The predicted molar refractivity (Wildman–Crippen MR) is 147 cm³/mol. The van der Waals surface area contributed by atoms with Crippen LogP contribution in [0.15, 0.2) is 30.9 Å². The molecule has 0 heterocycles. The number of ether oxygens (including phenoxy) is 1. The maximum absolute atomic E-state index is 14.0. The summed E-state index contributed by atoms with van der Waals surface area (Å²) in [6, 6.07) is 3.62. The van der Waals surface area contributed by atoms with Crippen LogP contribution in [0.1, 0.15) is 88.4 Å². The van der Waals surface area contributed by atoms with Crippen LogP contribution in [0.3, 0.4) is 0 Å².